The first-order valence-corrected chi connectivity index (χ1v) is 10.6. The van der Waals surface area contributed by atoms with Crippen LogP contribution in [0.4, 0.5) is 11.4 Å². The van der Waals surface area contributed by atoms with Crippen molar-refractivity contribution in [2.24, 2.45) is 0 Å². The minimum atomic E-state index is -0.255. The summed E-state index contributed by atoms with van der Waals surface area (Å²) in [7, 11) is 0. The maximum absolute atomic E-state index is 13.1. The van der Waals surface area contributed by atoms with E-state index in [1.165, 1.54) is 0 Å². The molecule has 0 aliphatic carbocycles. The molecule has 0 heterocycles. The van der Waals surface area contributed by atoms with E-state index in [9.17, 15) is 9.59 Å². The van der Waals surface area contributed by atoms with Gasteiger partial charge in [-0.15, -0.1) is 0 Å². The number of ether oxygens (including phenoxy) is 1. The van der Waals surface area contributed by atoms with Crippen LogP contribution < -0.4 is 15.0 Å². The van der Waals surface area contributed by atoms with Crippen LogP contribution in [0, 0.1) is 0 Å². The zero-order valence-electron chi connectivity index (χ0n) is 18.2. The molecule has 160 valence electrons. The smallest absolute Gasteiger partial charge is 0.258 e. The number of nitrogens with one attached hydrogen (secondary N) is 1. The molecule has 0 aliphatic rings. The van der Waals surface area contributed by atoms with E-state index >= 15 is 0 Å². The van der Waals surface area contributed by atoms with Gasteiger partial charge in [0, 0.05) is 29.0 Å². The Labute approximate surface area is 183 Å². The zero-order chi connectivity index (χ0) is 22.2. The van der Waals surface area contributed by atoms with Crippen LogP contribution in [0.25, 0.3) is 0 Å². The topological polar surface area (TPSA) is 58.6 Å². The van der Waals surface area contributed by atoms with Crippen molar-refractivity contribution >= 4 is 23.2 Å². The molecule has 3 aromatic carbocycles. The largest absolute Gasteiger partial charge is 0.491 e. The van der Waals surface area contributed by atoms with Crippen LogP contribution in [0.5, 0.6) is 5.75 Å². The van der Waals surface area contributed by atoms with Gasteiger partial charge in [-0.1, -0.05) is 37.3 Å². The number of hydrogen-bond acceptors (Lipinski definition) is 3. The van der Waals surface area contributed by atoms with Crippen LogP contribution in [0.2, 0.25) is 0 Å². The fourth-order valence-electron chi connectivity index (χ4n) is 3.17. The SMILES string of the molecule is CCC(C)Oc1cccc(C(=O)Nc2cccc(C(=O)N(CC)c3ccccc3)c2)c1. The summed E-state index contributed by atoms with van der Waals surface area (Å²) < 4.78 is 5.81. The summed E-state index contributed by atoms with van der Waals surface area (Å²) >= 11 is 0. The van der Waals surface area contributed by atoms with E-state index in [4.69, 9.17) is 4.74 Å². The number of carbonyl (C=O) groups is 2. The highest BCUT2D eigenvalue weighted by Gasteiger charge is 2.17. The molecule has 0 radical (unpaired) electrons. The number of para-hydroxylation sites is 1. The summed E-state index contributed by atoms with van der Waals surface area (Å²) in [6.07, 6.45) is 0.960. The predicted molar refractivity (Wildman–Crippen MR) is 125 cm³/mol. The highest BCUT2D eigenvalue weighted by Crippen LogP contribution is 2.20. The molecule has 0 saturated carbocycles. The normalized spacial score (nSPS) is 11.5. The predicted octanol–water partition coefficient (Wildman–Crippen LogP) is 5.78. The van der Waals surface area contributed by atoms with Crippen molar-refractivity contribution in [2.75, 3.05) is 16.8 Å². The Morgan fingerprint density at radius 1 is 0.903 bits per heavy atom. The summed E-state index contributed by atoms with van der Waals surface area (Å²) in [6, 6.07) is 23.6. The highest BCUT2D eigenvalue weighted by atomic mass is 16.5. The molecule has 0 aromatic heterocycles. The second-order valence-electron chi connectivity index (χ2n) is 7.28. The lowest BCUT2D eigenvalue weighted by molar-refractivity contribution is 0.0985. The zero-order valence-corrected chi connectivity index (χ0v) is 18.2. The summed E-state index contributed by atoms with van der Waals surface area (Å²) in [5, 5.41) is 2.88. The lowest BCUT2D eigenvalue weighted by atomic mass is 10.1. The number of nitrogens with zero attached hydrogens (tertiary/aromatic N) is 1. The third-order valence-electron chi connectivity index (χ3n) is 5.01. The van der Waals surface area contributed by atoms with Gasteiger partial charge in [0.05, 0.1) is 6.10 Å². The molecule has 1 atom stereocenters. The van der Waals surface area contributed by atoms with Crippen molar-refractivity contribution in [1.29, 1.82) is 0 Å². The summed E-state index contributed by atoms with van der Waals surface area (Å²) in [5.74, 6) is 0.288. The Balaban J connectivity index is 1.75. The molecule has 1 unspecified atom stereocenters. The lowest BCUT2D eigenvalue weighted by Crippen LogP contribution is -2.30. The van der Waals surface area contributed by atoms with Gasteiger partial charge in [-0.3, -0.25) is 9.59 Å². The molecule has 0 spiro atoms. The molecule has 1 N–H and O–H groups in total. The standard InChI is InChI=1S/C26H28N2O3/c1-4-19(3)31-24-16-10-11-20(18-24)25(29)27-22-13-9-12-21(17-22)26(30)28(5-2)23-14-7-6-8-15-23/h6-19H,4-5H2,1-3H3,(H,27,29). The van der Waals surface area contributed by atoms with Gasteiger partial charge in [-0.2, -0.15) is 0 Å². The first-order valence-electron chi connectivity index (χ1n) is 10.6. The summed E-state index contributed by atoms with van der Waals surface area (Å²) in [6.45, 7) is 6.52. The molecule has 0 bridgehead atoms. The number of amides is 2. The summed E-state index contributed by atoms with van der Waals surface area (Å²) in [5.41, 5.74) is 2.41. The van der Waals surface area contributed by atoms with E-state index < -0.39 is 0 Å². The van der Waals surface area contributed by atoms with Crippen molar-refractivity contribution in [3.05, 3.63) is 90.0 Å². The Hall–Kier alpha value is -3.60. The van der Waals surface area contributed by atoms with Gasteiger partial charge >= 0.3 is 0 Å². The molecule has 0 saturated heterocycles. The van der Waals surface area contributed by atoms with Crippen LogP contribution >= 0.6 is 0 Å². The first kappa shape index (κ1) is 22.1. The second kappa shape index (κ2) is 10.4. The molecule has 5 heteroatoms. The van der Waals surface area contributed by atoms with Gasteiger partial charge in [0.25, 0.3) is 11.8 Å². The van der Waals surface area contributed by atoms with Crippen molar-refractivity contribution in [3.8, 4) is 5.75 Å². The fraction of sp³-hybridized carbons (Fsp3) is 0.231. The van der Waals surface area contributed by atoms with Gasteiger partial charge < -0.3 is 15.0 Å². The first-order chi connectivity index (χ1) is 15.0. The Morgan fingerprint density at radius 2 is 1.61 bits per heavy atom. The van der Waals surface area contributed by atoms with E-state index in [0.717, 1.165) is 12.1 Å². The van der Waals surface area contributed by atoms with Crippen LogP contribution in [0.3, 0.4) is 0 Å². The number of hydrogen-bond donors (Lipinski definition) is 1. The monoisotopic (exact) mass is 416 g/mol. The Bertz CT molecular complexity index is 1030. The molecule has 0 fully saturated rings. The molecule has 3 aromatic rings. The van der Waals surface area contributed by atoms with Gasteiger partial charge in [-0.25, -0.2) is 0 Å². The van der Waals surface area contributed by atoms with Crippen LogP contribution in [0.15, 0.2) is 78.9 Å². The van der Waals surface area contributed by atoms with Gasteiger partial charge in [0.1, 0.15) is 5.75 Å². The molecule has 2 amide bonds. The summed E-state index contributed by atoms with van der Waals surface area (Å²) in [4.78, 5) is 27.5. The second-order valence-corrected chi connectivity index (χ2v) is 7.28. The molecule has 0 aliphatic heterocycles. The Morgan fingerprint density at radius 3 is 2.32 bits per heavy atom. The van der Waals surface area contributed by atoms with E-state index in [1.807, 2.05) is 57.2 Å². The highest BCUT2D eigenvalue weighted by molar-refractivity contribution is 6.08. The quantitative estimate of drug-likeness (QED) is 0.506. The van der Waals surface area contributed by atoms with E-state index in [1.54, 1.807) is 47.4 Å². The number of rotatable bonds is 8. The molecule has 5 nitrogen and oxygen atoms in total. The number of benzene rings is 3. The molecular weight excluding hydrogens is 388 g/mol. The number of carbonyl (C=O) groups excluding carboxylic acids is 2. The van der Waals surface area contributed by atoms with Crippen molar-refractivity contribution in [2.45, 2.75) is 33.3 Å². The molecule has 3 rings (SSSR count). The van der Waals surface area contributed by atoms with Crippen molar-refractivity contribution in [1.82, 2.24) is 0 Å². The maximum atomic E-state index is 13.1. The van der Waals surface area contributed by atoms with Crippen molar-refractivity contribution < 1.29 is 14.3 Å². The third kappa shape index (κ3) is 5.72. The van der Waals surface area contributed by atoms with E-state index in [0.29, 0.717) is 29.1 Å². The van der Waals surface area contributed by atoms with E-state index in [-0.39, 0.29) is 17.9 Å². The van der Waals surface area contributed by atoms with Crippen LogP contribution in [0.1, 0.15) is 47.9 Å². The van der Waals surface area contributed by atoms with Gasteiger partial charge in [0.15, 0.2) is 0 Å². The van der Waals surface area contributed by atoms with E-state index in [2.05, 4.69) is 5.32 Å². The average molecular weight is 417 g/mol. The molecular formula is C26H28N2O3. The fourth-order valence-corrected chi connectivity index (χ4v) is 3.17. The average Bonchev–Trinajstić information content (AvgIpc) is 2.80. The van der Waals surface area contributed by atoms with Gasteiger partial charge in [0.2, 0.25) is 0 Å². The number of anilines is 2. The third-order valence-corrected chi connectivity index (χ3v) is 5.01. The maximum Gasteiger partial charge on any atom is 0.258 e. The Kier molecular flexibility index (Phi) is 7.44. The molecule has 31 heavy (non-hydrogen) atoms. The lowest BCUT2D eigenvalue weighted by Gasteiger charge is -2.21. The van der Waals surface area contributed by atoms with Crippen molar-refractivity contribution in [3.63, 3.8) is 0 Å². The van der Waals surface area contributed by atoms with Gasteiger partial charge in [-0.05, 0) is 68.8 Å². The van der Waals surface area contributed by atoms with Crippen LogP contribution in [-0.2, 0) is 0 Å². The van der Waals surface area contributed by atoms with Crippen LogP contribution in [-0.4, -0.2) is 24.5 Å². The minimum absolute atomic E-state index is 0.0760. The minimum Gasteiger partial charge on any atom is -0.491 e.